The monoisotopic (exact) mass is 185 g/mol. The van der Waals surface area contributed by atoms with Gasteiger partial charge in [0.1, 0.15) is 5.92 Å². The quantitative estimate of drug-likeness (QED) is 0.534. The van der Waals surface area contributed by atoms with Crippen LogP contribution in [0.25, 0.3) is 0 Å². The summed E-state index contributed by atoms with van der Waals surface area (Å²) in [4.78, 5) is 11.7. The van der Waals surface area contributed by atoms with Crippen molar-refractivity contribution in [1.29, 1.82) is 5.26 Å². The van der Waals surface area contributed by atoms with Crippen LogP contribution in [0.3, 0.4) is 0 Å². The standard InChI is InChI=1S/C12H11NO/c1-2-6-11(9-13)12(14)10-7-4-3-5-8-10/h2-5,7-8,11H,1,6H2. The molecule has 0 fully saturated rings. The summed E-state index contributed by atoms with van der Waals surface area (Å²) >= 11 is 0. The molecule has 0 aliphatic rings. The first-order valence-electron chi connectivity index (χ1n) is 4.39. The smallest absolute Gasteiger partial charge is 0.180 e. The molecule has 1 unspecified atom stereocenters. The molecule has 70 valence electrons. The highest BCUT2D eigenvalue weighted by Gasteiger charge is 2.17. The molecule has 0 saturated heterocycles. The van der Waals surface area contributed by atoms with Crippen LogP contribution >= 0.6 is 0 Å². The lowest BCUT2D eigenvalue weighted by atomic mass is 9.96. The van der Waals surface area contributed by atoms with Gasteiger partial charge in [0.05, 0.1) is 6.07 Å². The van der Waals surface area contributed by atoms with Crippen LogP contribution in [-0.2, 0) is 0 Å². The first-order chi connectivity index (χ1) is 6.79. The van der Waals surface area contributed by atoms with E-state index in [0.29, 0.717) is 12.0 Å². The lowest BCUT2D eigenvalue weighted by Crippen LogP contribution is -2.11. The number of ketones is 1. The Morgan fingerprint density at radius 2 is 2.14 bits per heavy atom. The average molecular weight is 185 g/mol. The summed E-state index contributed by atoms with van der Waals surface area (Å²) in [7, 11) is 0. The molecule has 0 spiro atoms. The van der Waals surface area contributed by atoms with Crippen LogP contribution in [-0.4, -0.2) is 5.78 Å². The third-order valence-corrected chi connectivity index (χ3v) is 1.93. The van der Waals surface area contributed by atoms with E-state index < -0.39 is 5.92 Å². The van der Waals surface area contributed by atoms with Gasteiger partial charge < -0.3 is 0 Å². The van der Waals surface area contributed by atoms with Crippen LogP contribution in [0.2, 0.25) is 0 Å². The van der Waals surface area contributed by atoms with Crippen molar-refractivity contribution in [3.63, 3.8) is 0 Å². The first kappa shape index (κ1) is 10.2. The SMILES string of the molecule is C=CCC(C#N)C(=O)c1ccccc1. The fraction of sp³-hybridized carbons (Fsp3) is 0.167. The van der Waals surface area contributed by atoms with Crippen LogP contribution in [0.1, 0.15) is 16.8 Å². The van der Waals surface area contributed by atoms with Crippen molar-refractivity contribution in [3.8, 4) is 6.07 Å². The number of carbonyl (C=O) groups is 1. The molecule has 0 radical (unpaired) electrons. The zero-order valence-corrected chi connectivity index (χ0v) is 7.81. The van der Waals surface area contributed by atoms with Gasteiger partial charge in [0.25, 0.3) is 0 Å². The van der Waals surface area contributed by atoms with E-state index >= 15 is 0 Å². The van der Waals surface area contributed by atoms with E-state index in [0.717, 1.165) is 0 Å². The molecule has 1 aromatic carbocycles. The van der Waals surface area contributed by atoms with Crippen LogP contribution < -0.4 is 0 Å². The van der Waals surface area contributed by atoms with Crippen LogP contribution in [0, 0.1) is 17.2 Å². The van der Waals surface area contributed by atoms with E-state index in [1.54, 1.807) is 30.3 Å². The van der Waals surface area contributed by atoms with Gasteiger partial charge >= 0.3 is 0 Å². The Labute approximate surface area is 83.5 Å². The summed E-state index contributed by atoms with van der Waals surface area (Å²) in [6.07, 6.45) is 2.00. The number of hydrogen-bond donors (Lipinski definition) is 0. The minimum atomic E-state index is -0.602. The predicted octanol–water partition coefficient (Wildman–Crippen LogP) is 2.59. The highest BCUT2D eigenvalue weighted by molar-refractivity contribution is 5.99. The molecule has 1 atom stereocenters. The molecule has 14 heavy (non-hydrogen) atoms. The molecule has 0 aromatic heterocycles. The summed E-state index contributed by atoms with van der Waals surface area (Å²) in [6.45, 7) is 3.52. The number of nitriles is 1. The Bertz CT molecular complexity index is 362. The van der Waals surface area contributed by atoms with Crippen molar-refractivity contribution in [2.45, 2.75) is 6.42 Å². The predicted molar refractivity (Wildman–Crippen MR) is 54.7 cm³/mol. The number of Topliss-reactive ketones (excluding diaryl/α,β-unsaturated/α-hetero) is 1. The normalized spacial score (nSPS) is 11.4. The Morgan fingerprint density at radius 1 is 1.50 bits per heavy atom. The molecular formula is C12H11NO. The van der Waals surface area contributed by atoms with Gasteiger partial charge in [-0.2, -0.15) is 5.26 Å². The third-order valence-electron chi connectivity index (χ3n) is 1.93. The molecule has 0 heterocycles. The van der Waals surface area contributed by atoms with Gasteiger partial charge in [-0.3, -0.25) is 4.79 Å². The molecule has 1 rings (SSSR count). The number of nitrogens with zero attached hydrogens (tertiary/aromatic N) is 1. The highest BCUT2D eigenvalue weighted by Crippen LogP contribution is 2.11. The number of carbonyl (C=O) groups excluding carboxylic acids is 1. The maximum atomic E-state index is 11.7. The zero-order valence-electron chi connectivity index (χ0n) is 7.81. The minimum absolute atomic E-state index is 0.131. The molecular weight excluding hydrogens is 174 g/mol. The topological polar surface area (TPSA) is 40.9 Å². The van der Waals surface area contributed by atoms with Crippen LogP contribution in [0.15, 0.2) is 43.0 Å². The largest absolute Gasteiger partial charge is 0.293 e. The van der Waals surface area contributed by atoms with E-state index in [1.165, 1.54) is 0 Å². The molecule has 0 N–H and O–H groups in total. The fourth-order valence-corrected chi connectivity index (χ4v) is 1.19. The Morgan fingerprint density at radius 3 is 2.64 bits per heavy atom. The Kier molecular flexibility index (Phi) is 3.63. The average Bonchev–Trinajstić information content (AvgIpc) is 2.26. The van der Waals surface area contributed by atoms with E-state index in [1.807, 2.05) is 12.1 Å². The second kappa shape index (κ2) is 4.98. The van der Waals surface area contributed by atoms with Gasteiger partial charge in [-0.15, -0.1) is 6.58 Å². The summed E-state index contributed by atoms with van der Waals surface area (Å²) < 4.78 is 0. The van der Waals surface area contributed by atoms with Crippen molar-refractivity contribution in [3.05, 3.63) is 48.6 Å². The minimum Gasteiger partial charge on any atom is -0.293 e. The number of hydrogen-bond acceptors (Lipinski definition) is 2. The highest BCUT2D eigenvalue weighted by atomic mass is 16.1. The maximum absolute atomic E-state index is 11.7. The van der Waals surface area contributed by atoms with Gasteiger partial charge in [-0.05, 0) is 6.42 Å². The van der Waals surface area contributed by atoms with E-state index in [2.05, 4.69) is 6.58 Å². The van der Waals surface area contributed by atoms with E-state index in [-0.39, 0.29) is 5.78 Å². The second-order valence-electron chi connectivity index (χ2n) is 2.94. The molecule has 2 heteroatoms. The van der Waals surface area contributed by atoms with E-state index in [4.69, 9.17) is 5.26 Å². The molecule has 0 bridgehead atoms. The fourth-order valence-electron chi connectivity index (χ4n) is 1.19. The summed E-state index contributed by atoms with van der Waals surface area (Å²) in [6, 6.07) is 10.8. The second-order valence-corrected chi connectivity index (χ2v) is 2.94. The van der Waals surface area contributed by atoms with Crippen LogP contribution in [0.4, 0.5) is 0 Å². The number of rotatable bonds is 4. The van der Waals surface area contributed by atoms with Crippen molar-refractivity contribution < 1.29 is 4.79 Å². The van der Waals surface area contributed by atoms with Crippen molar-refractivity contribution >= 4 is 5.78 Å². The number of allylic oxidation sites excluding steroid dienone is 1. The Balaban J connectivity index is 2.85. The lowest BCUT2D eigenvalue weighted by Gasteiger charge is -2.04. The molecule has 0 aliphatic carbocycles. The summed E-state index contributed by atoms with van der Waals surface area (Å²) in [5, 5.41) is 8.77. The van der Waals surface area contributed by atoms with E-state index in [9.17, 15) is 4.79 Å². The maximum Gasteiger partial charge on any atom is 0.180 e. The van der Waals surface area contributed by atoms with Gasteiger partial charge in [-0.25, -0.2) is 0 Å². The summed E-state index contributed by atoms with van der Waals surface area (Å²) in [5.41, 5.74) is 0.584. The van der Waals surface area contributed by atoms with Crippen molar-refractivity contribution in [2.24, 2.45) is 5.92 Å². The Hall–Kier alpha value is -1.88. The molecule has 1 aromatic rings. The molecule has 0 amide bonds. The first-order valence-corrected chi connectivity index (χ1v) is 4.39. The molecule has 2 nitrogen and oxygen atoms in total. The van der Waals surface area contributed by atoms with Gasteiger partial charge in [0.15, 0.2) is 5.78 Å². The zero-order chi connectivity index (χ0) is 10.4. The van der Waals surface area contributed by atoms with Crippen molar-refractivity contribution in [1.82, 2.24) is 0 Å². The van der Waals surface area contributed by atoms with Crippen LogP contribution in [0.5, 0.6) is 0 Å². The van der Waals surface area contributed by atoms with Gasteiger partial charge in [-0.1, -0.05) is 36.4 Å². The van der Waals surface area contributed by atoms with Gasteiger partial charge in [0.2, 0.25) is 0 Å². The lowest BCUT2D eigenvalue weighted by molar-refractivity contribution is 0.0949. The summed E-state index contributed by atoms with van der Waals surface area (Å²) in [5.74, 6) is -0.733. The third kappa shape index (κ3) is 2.30. The molecule has 0 aliphatic heterocycles. The number of benzene rings is 1. The van der Waals surface area contributed by atoms with Crippen molar-refractivity contribution in [2.75, 3.05) is 0 Å². The molecule has 0 saturated carbocycles. The van der Waals surface area contributed by atoms with Gasteiger partial charge in [0, 0.05) is 5.56 Å².